The van der Waals surface area contributed by atoms with Gasteiger partial charge in [0.05, 0.1) is 28.3 Å². The summed E-state index contributed by atoms with van der Waals surface area (Å²) in [6.45, 7) is 2.27. The summed E-state index contributed by atoms with van der Waals surface area (Å²) in [4.78, 5) is 1.98. The zero-order valence-corrected chi connectivity index (χ0v) is 16.3. The van der Waals surface area contributed by atoms with Gasteiger partial charge in [-0.1, -0.05) is 11.6 Å². The largest absolute Gasteiger partial charge is 0.418 e. The summed E-state index contributed by atoms with van der Waals surface area (Å²) >= 11 is 6.37. The Labute approximate surface area is 172 Å². The van der Waals surface area contributed by atoms with Gasteiger partial charge in [-0.15, -0.1) is 10.2 Å². The van der Waals surface area contributed by atoms with Crippen LogP contribution in [-0.2, 0) is 6.42 Å². The van der Waals surface area contributed by atoms with E-state index in [4.69, 9.17) is 21.3 Å². The molecule has 1 N–H and O–H groups in total. The van der Waals surface area contributed by atoms with E-state index in [1.54, 1.807) is 37.3 Å². The number of aliphatic hydroxyl groups is 1. The molecule has 1 aromatic heterocycles. The third kappa shape index (κ3) is 3.31. The standard InChI is InChI=1S/C21H16ClN5O2/c1-12(28)19(27-9-8-16-17(27)7-6-15(11-24)18(16)22)21-26-25-20(29-21)14-4-2-13(10-23)3-5-14/h2-7,12,19,28H,8-9H2,1H3/t12-,19-/m0/s1. The van der Waals surface area contributed by atoms with Gasteiger partial charge >= 0.3 is 0 Å². The Morgan fingerprint density at radius 1 is 1.14 bits per heavy atom. The summed E-state index contributed by atoms with van der Waals surface area (Å²) in [5, 5.41) is 37.3. The summed E-state index contributed by atoms with van der Waals surface area (Å²) in [5.74, 6) is 0.597. The molecular weight excluding hydrogens is 390 g/mol. The molecule has 0 spiro atoms. The van der Waals surface area contributed by atoms with E-state index in [1.807, 2.05) is 11.0 Å². The first kappa shape index (κ1) is 18.9. The number of aromatic nitrogens is 2. The Morgan fingerprint density at radius 3 is 2.55 bits per heavy atom. The maximum atomic E-state index is 10.5. The number of benzene rings is 2. The van der Waals surface area contributed by atoms with Crippen molar-refractivity contribution in [3.63, 3.8) is 0 Å². The number of nitriles is 2. The number of aliphatic hydroxyl groups excluding tert-OH is 1. The molecule has 1 aliphatic rings. The van der Waals surface area contributed by atoms with Gasteiger partial charge in [0.2, 0.25) is 11.8 Å². The lowest BCUT2D eigenvalue weighted by Crippen LogP contribution is -2.34. The molecule has 3 aromatic rings. The third-order valence-corrected chi connectivity index (χ3v) is 5.43. The summed E-state index contributed by atoms with van der Waals surface area (Å²) in [7, 11) is 0. The zero-order valence-electron chi connectivity index (χ0n) is 15.5. The van der Waals surface area contributed by atoms with Crippen LogP contribution in [0, 0.1) is 22.7 Å². The van der Waals surface area contributed by atoms with Gasteiger partial charge in [-0.2, -0.15) is 10.5 Å². The Kier molecular flexibility index (Phi) is 4.94. The molecule has 29 heavy (non-hydrogen) atoms. The van der Waals surface area contributed by atoms with Crippen LogP contribution in [-0.4, -0.2) is 28.0 Å². The second-order valence-corrected chi connectivity index (χ2v) is 7.18. The van der Waals surface area contributed by atoms with Crippen molar-refractivity contribution in [2.24, 2.45) is 0 Å². The molecule has 0 radical (unpaired) electrons. The second kappa shape index (κ2) is 7.56. The smallest absolute Gasteiger partial charge is 0.247 e. The minimum absolute atomic E-state index is 0.285. The van der Waals surface area contributed by atoms with Crippen LogP contribution in [0.4, 0.5) is 5.69 Å². The monoisotopic (exact) mass is 405 g/mol. The van der Waals surface area contributed by atoms with Gasteiger partial charge in [0.1, 0.15) is 12.1 Å². The van der Waals surface area contributed by atoms with Crippen LogP contribution in [0.5, 0.6) is 0 Å². The topological polar surface area (TPSA) is 110 Å². The van der Waals surface area contributed by atoms with Gasteiger partial charge < -0.3 is 14.4 Å². The minimum Gasteiger partial charge on any atom is -0.418 e. The van der Waals surface area contributed by atoms with Crippen LogP contribution >= 0.6 is 11.6 Å². The quantitative estimate of drug-likeness (QED) is 0.705. The zero-order chi connectivity index (χ0) is 20.5. The van der Waals surface area contributed by atoms with Crippen LogP contribution < -0.4 is 4.90 Å². The van der Waals surface area contributed by atoms with E-state index in [0.29, 0.717) is 40.6 Å². The van der Waals surface area contributed by atoms with Crippen LogP contribution in [0.3, 0.4) is 0 Å². The summed E-state index contributed by atoms with van der Waals surface area (Å²) in [5.41, 5.74) is 3.39. The van der Waals surface area contributed by atoms with E-state index < -0.39 is 12.1 Å². The molecular formula is C21H16ClN5O2. The van der Waals surface area contributed by atoms with Crippen LogP contribution in [0.1, 0.15) is 35.5 Å². The molecule has 4 rings (SSSR count). The molecule has 0 saturated heterocycles. The molecule has 0 unspecified atom stereocenters. The number of hydrogen-bond acceptors (Lipinski definition) is 7. The van der Waals surface area contributed by atoms with Crippen LogP contribution in [0.25, 0.3) is 11.5 Å². The molecule has 0 bridgehead atoms. The van der Waals surface area contributed by atoms with Crippen molar-refractivity contribution in [1.82, 2.24) is 10.2 Å². The van der Waals surface area contributed by atoms with E-state index in [2.05, 4.69) is 22.3 Å². The first-order valence-electron chi connectivity index (χ1n) is 9.03. The fraction of sp³-hybridized carbons (Fsp3) is 0.238. The molecule has 8 heteroatoms. The lowest BCUT2D eigenvalue weighted by atomic mass is 10.1. The molecule has 1 aliphatic heterocycles. The highest BCUT2D eigenvalue weighted by molar-refractivity contribution is 6.33. The highest BCUT2D eigenvalue weighted by Crippen LogP contribution is 2.41. The van der Waals surface area contributed by atoms with Crippen molar-refractivity contribution in [3.05, 3.63) is 64.0 Å². The molecule has 7 nitrogen and oxygen atoms in total. The van der Waals surface area contributed by atoms with Gasteiger partial charge in [0, 0.05) is 17.8 Å². The maximum Gasteiger partial charge on any atom is 0.247 e. The Balaban J connectivity index is 1.69. The molecule has 0 amide bonds. The Bertz CT molecular complexity index is 1140. The lowest BCUT2D eigenvalue weighted by molar-refractivity contribution is 0.146. The minimum atomic E-state index is -0.787. The predicted octanol–water partition coefficient (Wildman–Crippen LogP) is 3.62. The number of nitrogens with zero attached hydrogens (tertiary/aromatic N) is 5. The van der Waals surface area contributed by atoms with Gasteiger partial charge in [-0.3, -0.25) is 0 Å². The van der Waals surface area contributed by atoms with E-state index in [1.165, 1.54) is 0 Å². The van der Waals surface area contributed by atoms with Crippen molar-refractivity contribution in [2.45, 2.75) is 25.5 Å². The lowest BCUT2D eigenvalue weighted by Gasteiger charge is -2.29. The van der Waals surface area contributed by atoms with Crippen molar-refractivity contribution in [1.29, 1.82) is 10.5 Å². The van der Waals surface area contributed by atoms with E-state index in [9.17, 15) is 10.4 Å². The van der Waals surface area contributed by atoms with Crippen LogP contribution in [0.2, 0.25) is 5.02 Å². The van der Waals surface area contributed by atoms with Gasteiger partial charge in [-0.25, -0.2) is 0 Å². The normalized spacial score (nSPS) is 14.7. The molecule has 2 heterocycles. The van der Waals surface area contributed by atoms with Crippen molar-refractivity contribution < 1.29 is 9.52 Å². The number of halogens is 1. The van der Waals surface area contributed by atoms with Crippen molar-refractivity contribution in [3.8, 4) is 23.6 Å². The summed E-state index contributed by atoms with van der Waals surface area (Å²) in [6, 6.07) is 13.9. The Morgan fingerprint density at radius 2 is 1.90 bits per heavy atom. The van der Waals surface area contributed by atoms with E-state index in [-0.39, 0.29) is 5.89 Å². The molecule has 2 atom stereocenters. The third-order valence-electron chi connectivity index (χ3n) is 5.00. The van der Waals surface area contributed by atoms with Gasteiger partial charge in [0.15, 0.2) is 0 Å². The first-order valence-corrected chi connectivity index (χ1v) is 9.41. The van der Waals surface area contributed by atoms with Crippen molar-refractivity contribution >= 4 is 17.3 Å². The average Bonchev–Trinajstić information content (AvgIpc) is 3.37. The Hall–Kier alpha value is -3.39. The molecule has 0 aliphatic carbocycles. The molecule has 0 saturated carbocycles. The SMILES string of the molecule is C[C@H](O)[C@@H](c1nnc(-c2ccc(C#N)cc2)o1)N1CCc2c1ccc(C#N)c2Cl. The fourth-order valence-corrected chi connectivity index (χ4v) is 3.90. The highest BCUT2D eigenvalue weighted by Gasteiger charge is 2.35. The average molecular weight is 406 g/mol. The van der Waals surface area contributed by atoms with Gasteiger partial charge in [0.25, 0.3) is 0 Å². The van der Waals surface area contributed by atoms with Gasteiger partial charge in [-0.05, 0) is 55.3 Å². The van der Waals surface area contributed by atoms with Crippen LogP contribution in [0.15, 0.2) is 40.8 Å². The van der Waals surface area contributed by atoms with E-state index in [0.717, 1.165) is 11.3 Å². The second-order valence-electron chi connectivity index (χ2n) is 6.80. The summed E-state index contributed by atoms with van der Waals surface area (Å²) in [6.07, 6.45) is -0.131. The highest BCUT2D eigenvalue weighted by atomic mass is 35.5. The van der Waals surface area contributed by atoms with E-state index >= 15 is 0 Å². The molecule has 0 fully saturated rings. The first-order chi connectivity index (χ1) is 14.0. The maximum absolute atomic E-state index is 10.5. The molecule has 144 valence electrons. The fourth-order valence-electron chi connectivity index (χ4n) is 3.60. The number of hydrogen-bond donors (Lipinski definition) is 1. The number of rotatable bonds is 4. The predicted molar refractivity (Wildman–Crippen MR) is 106 cm³/mol. The summed E-state index contributed by atoms with van der Waals surface area (Å²) < 4.78 is 5.88. The van der Waals surface area contributed by atoms with Crippen molar-refractivity contribution in [2.75, 3.05) is 11.4 Å². The molecule has 2 aromatic carbocycles. The number of fused-ring (bicyclic) bond motifs is 1. The number of anilines is 1.